The molecule has 3 aromatic carbocycles. The van der Waals surface area contributed by atoms with E-state index in [9.17, 15) is 10.1 Å². The molecule has 0 unspecified atom stereocenters. The van der Waals surface area contributed by atoms with E-state index in [0.717, 1.165) is 20.9 Å². The van der Waals surface area contributed by atoms with Gasteiger partial charge in [-0.25, -0.2) is 9.67 Å². The van der Waals surface area contributed by atoms with Crippen molar-refractivity contribution in [2.75, 3.05) is 0 Å². The maximum atomic E-state index is 11.5. The van der Waals surface area contributed by atoms with Crippen molar-refractivity contribution in [3.63, 3.8) is 0 Å². The number of nitrogens with one attached hydrogen (secondary N) is 1. The second kappa shape index (κ2) is 9.79. The van der Waals surface area contributed by atoms with Gasteiger partial charge >= 0.3 is 0 Å². The Labute approximate surface area is 221 Å². The van der Waals surface area contributed by atoms with Gasteiger partial charge in [0.1, 0.15) is 5.69 Å². The quantitative estimate of drug-likeness (QED) is 0.129. The Bertz CT molecular complexity index is 1690. The molecule has 2 aromatic heterocycles. The predicted octanol–water partition coefficient (Wildman–Crippen LogP) is 7.79. The zero-order valence-electron chi connectivity index (χ0n) is 17.7. The van der Waals surface area contributed by atoms with Gasteiger partial charge in [0.2, 0.25) is 4.80 Å². The summed E-state index contributed by atoms with van der Waals surface area (Å²) in [5, 5.41) is 20.1. The fraction of sp³-hybridized carbons (Fsp3) is 0. The minimum atomic E-state index is -0.460. The van der Waals surface area contributed by atoms with Gasteiger partial charge in [0.05, 0.1) is 21.9 Å². The van der Waals surface area contributed by atoms with Gasteiger partial charge in [-0.2, -0.15) is 5.10 Å². The van der Waals surface area contributed by atoms with E-state index in [1.807, 2.05) is 29.8 Å². The summed E-state index contributed by atoms with van der Waals surface area (Å²) in [4.78, 5) is 19.3. The number of fused-ring (bicyclic) bond motifs is 1. The molecule has 5 aromatic rings. The summed E-state index contributed by atoms with van der Waals surface area (Å²) in [5.41, 5.74) is 3.27. The number of hydrogen-bond donors (Lipinski definition) is 1. The summed E-state index contributed by atoms with van der Waals surface area (Å²) in [6, 6.07) is 17.4. The van der Waals surface area contributed by atoms with E-state index < -0.39 is 4.92 Å². The first-order valence-corrected chi connectivity index (χ1v) is 12.6. The number of halogens is 3. The zero-order chi connectivity index (χ0) is 24.5. The highest BCUT2D eigenvalue weighted by Crippen LogP contribution is 2.32. The van der Waals surface area contributed by atoms with Crippen molar-refractivity contribution in [2.24, 2.45) is 10.1 Å². The molecule has 0 aliphatic rings. The topological polar surface area (TPSA) is 88.6 Å². The van der Waals surface area contributed by atoms with Gasteiger partial charge in [-0.05, 0) is 42.5 Å². The molecule has 5 rings (SSSR count). The van der Waals surface area contributed by atoms with Crippen molar-refractivity contribution in [1.29, 1.82) is 0 Å². The Balaban J connectivity index is 1.72. The lowest BCUT2D eigenvalue weighted by atomic mass is 10.2. The highest BCUT2D eigenvalue weighted by molar-refractivity contribution is 9.10. The Morgan fingerprint density at radius 2 is 1.94 bits per heavy atom. The van der Waals surface area contributed by atoms with Gasteiger partial charge in [-0.3, -0.25) is 10.1 Å². The highest BCUT2D eigenvalue weighted by atomic mass is 79.9. The van der Waals surface area contributed by atoms with Crippen molar-refractivity contribution in [1.82, 2.24) is 9.66 Å². The van der Waals surface area contributed by atoms with Crippen LogP contribution in [0, 0.1) is 10.1 Å². The predicted molar refractivity (Wildman–Crippen MR) is 145 cm³/mol. The SMILES string of the molecule is O=[N+]([O-])c1ccccc1N=c1scc(-c2cc(Cl)ccc2Cl)n1N=Cc1c[nH]c2ccc(Br)cc12. The monoisotopic (exact) mass is 585 g/mol. The number of H-pyrrole nitrogens is 1. The van der Waals surface area contributed by atoms with Crippen molar-refractivity contribution in [2.45, 2.75) is 0 Å². The molecular formula is C24H14BrCl2N5O2S. The molecule has 0 fully saturated rings. The van der Waals surface area contributed by atoms with Gasteiger partial charge in [-0.15, -0.1) is 11.3 Å². The standard InChI is InChI=1S/C24H14BrCl2N5O2S/c25-15-5-8-20-17(9-15)14(11-28-20)12-29-31-23(18-10-16(26)6-7-19(18)27)13-35-24(31)30-21-3-1-2-4-22(21)32(33)34/h1-13,28H. The van der Waals surface area contributed by atoms with Gasteiger partial charge in [0.15, 0.2) is 0 Å². The third-order valence-corrected chi connectivity index (χ3v) is 7.05. The van der Waals surface area contributed by atoms with Gasteiger partial charge in [-0.1, -0.05) is 51.3 Å². The third kappa shape index (κ3) is 4.81. The van der Waals surface area contributed by atoms with E-state index in [1.54, 1.807) is 47.3 Å². The third-order valence-electron chi connectivity index (χ3n) is 5.17. The summed E-state index contributed by atoms with van der Waals surface area (Å²) in [6.07, 6.45) is 3.57. The number of nitrogens with zero attached hydrogens (tertiary/aromatic N) is 4. The number of nitro benzene ring substituents is 1. The summed E-state index contributed by atoms with van der Waals surface area (Å²) in [6.45, 7) is 0. The van der Waals surface area contributed by atoms with Crippen molar-refractivity contribution in [3.8, 4) is 11.3 Å². The second-order valence-corrected chi connectivity index (χ2v) is 9.97. The molecule has 0 amide bonds. The molecule has 35 heavy (non-hydrogen) atoms. The van der Waals surface area contributed by atoms with Gasteiger partial charge in [0, 0.05) is 49.2 Å². The number of rotatable bonds is 5. The van der Waals surface area contributed by atoms with Crippen molar-refractivity contribution < 1.29 is 4.92 Å². The molecule has 0 saturated heterocycles. The molecule has 7 nitrogen and oxygen atoms in total. The van der Waals surface area contributed by atoms with E-state index in [-0.39, 0.29) is 11.4 Å². The molecule has 0 spiro atoms. The molecule has 0 bridgehead atoms. The van der Waals surface area contributed by atoms with Crippen molar-refractivity contribution >= 4 is 79.0 Å². The lowest BCUT2D eigenvalue weighted by Gasteiger charge is -2.06. The zero-order valence-corrected chi connectivity index (χ0v) is 21.6. The summed E-state index contributed by atoms with van der Waals surface area (Å²) < 4.78 is 2.55. The van der Waals surface area contributed by atoms with Crippen LogP contribution in [0.3, 0.4) is 0 Å². The van der Waals surface area contributed by atoms with Crippen LogP contribution in [0.1, 0.15) is 5.56 Å². The number of hydrogen-bond acceptors (Lipinski definition) is 5. The number of nitro groups is 1. The maximum absolute atomic E-state index is 11.5. The number of thiazole rings is 1. The van der Waals surface area contributed by atoms with E-state index >= 15 is 0 Å². The Kier molecular flexibility index (Phi) is 6.57. The molecule has 11 heteroatoms. The first kappa shape index (κ1) is 23.5. The van der Waals surface area contributed by atoms with E-state index in [2.05, 4.69) is 25.9 Å². The van der Waals surface area contributed by atoms with Gasteiger partial charge in [0.25, 0.3) is 5.69 Å². The molecule has 0 atom stereocenters. The Morgan fingerprint density at radius 1 is 1.11 bits per heavy atom. The molecule has 174 valence electrons. The van der Waals surface area contributed by atoms with Crippen LogP contribution < -0.4 is 4.80 Å². The Hall–Kier alpha value is -3.24. The van der Waals surface area contributed by atoms with Crippen LogP contribution in [0.4, 0.5) is 11.4 Å². The lowest BCUT2D eigenvalue weighted by Crippen LogP contribution is -2.12. The summed E-state index contributed by atoms with van der Waals surface area (Å²) in [7, 11) is 0. The normalized spacial score (nSPS) is 12.1. The van der Waals surface area contributed by atoms with Crippen LogP contribution in [0.15, 0.2) is 86.8 Å². The lowest BCUT2D eigenvalue weighted by molar-refractivity contribution is -0.384. The van der Waals surface area contributed by atoms with E-state index in [0.29, 0.717) is 26.1 Å². The fourth-order valence-corrected chi connectivity index (χ4v) is 5.11. The van der Waals surface area contributed by atoms with Crippen LogP contribution in [0.5, 0.6) is 0 Å². The molecule has 0 radical (unpaired) electrons. The average Bonchev–Trinajstić information content (AvgIpc) is 3.42. The van der Waals surface area contributed by atoms with Gasteiger partial charge < -0.3 is 4.98 Å². The second-order valence-electron chi connectivity index (χ2n) is 7.38. The van der Waals surface area contributed by atoms with E-state index in [1.165, 1.54) is 17.4 Å². The first-order chi connectivity index (χ1) is 16.9. The van der Waals surface area contributed by atoms with Crippen LogP contribution in [0.2, 0.25) is 10.0 Å². The first-order valence-electron chi connectivity index (χ1n) is 10.2. The van der Waals surface area contributed by atoms with E-state index in [4.69, 9.17) is 28.3 Å². The molecular weight excluding hydrogens is 573 g/mol. The summed E-state index contributed by atoms with van der Waals surface area (Å²) in [5.74, 6) is 0. The number of aromatic nitrogens is 2. The molecule has 0 aliphatic carbocycles. The van der Waals surface area contributed by atoms with Crippen LogP contribution in [0.25, 0.3) is 22.2 Å². The maximum Gasteiger partial charge on any atom is 0.294 e. The fourth-order valence-electron chi connectivity index (χ4n) is 3.53. The average molecular weight is 587 g/mol. The number of para-hydroxylation sites is 2. The smallest absolute Gasteiger partial charge is 0.294 e. The van der Waals surface area contributed by atoms with Crippen LogP contribution in [-0.4, -0.2) is 20.8 Å². The minimum Gasteiger partial charge on any atom is -0.361 e. The molecule has 0 aliphatic heterocycles. The van der Waals surface area contributed by atoms with Crippen LogP contribution >= 0.6 is 50.5 Å². The number of benzene rings is 3. The highest BCUT2D eigenvalue weighted by Gasteiger charge is 2.15. The minimum absolute atomic E-state index is 0.0970. The molecule has 2 heterocycles. The Morgan fingerprint density at radius 3 is 2.77 bits per heavy atom. The number of aromatic amines is 1. The van der Waals surface area contributed by atoms with Crippen LogP contribution in [-0.2, 0) is 0 Å². The van der Waals surface area contributed by atoms with Crippen molar-refractivity contribution in [3.05, 3.63) is 107 Å². The largest absolute Gasteiger partial charge is 0.361 e. The molecule has 1 N–H and O–H groups in total. The molecule has 0 saturated carbocycles. The summed E-state index contributed by atoms with van der Waals surface area (Å²) >= 11 is 17.5.